The van der Waals surface area contributed by atoms with Crippen molar-refractivity contribution < 1.29 is 80.9 Å². The maximum atomic E-state index is 12.1. The smallest absolute Gasteiger partial charge is 0.457 e. The average Bonchev–Trinajstić information content (AvgIpc) is 2.61. The molecule has 30 heavy (non-hydrogen) atoms. The second-order valence-electron chi connectivity index (χ2n) is 5.93. The van der Waals surface area contributed by atoms with Crippen molar-refractivity contribution in [3.63, 3.8) is 0 Å². The van der Waals surface area contributed by atoms with Gasteiger partial charge in [-0.15, -0.1) is 0 Å². The molecule has 0 saturated heterocycles. The summed E-state index contributed by atoms with van der Waals surface area (Å²) in [6.45, 7) is 0. The third-order valence-corrected chi connectivity index (χ3v) is 7.24. The Morgan fingerprint density at radius 2 is 1.77 bits per heavy atom. The first-order valence-electron chi connectivity index (χ1n) is 7.81. The summed E-state index contributed by atoms with van der Waals surface area (Å²) < 4.78 is 8.12. The Labute approximate surface area is 226 Å². The maximum absolute atomic E-state index is 12.1. The number of carbonyl (C=O) groups excluding carboxylic acids is 1. The van der Waals surface area contributed by atoms with E-state index in [-0.39, 0.29) is 77.6 Å². The first kappa shape index (κ1) is 27.4. The van der Waals surface area contributed by atoms with Gasteiger partial charge >= 0.3 is 218 Å². The van der Waals surface area contributed by atoms with Gasteiger partial charge in [0.25, 0.3) is 0 Å². The molecule has 2 aliphatic rings. The van der Waals surface area contributed by atoms with Gasteiger partial charge in [0.2, 0.25) is 0 Å². The van der Waals surface area contributed by atoms with Crippen molar-refractivity contribution in [2.75, 3.05) is 0 Å². The summed E-state index contributed by atoms with van der Waals surface area (Å²) in [5.74, 6) is -0.857. The van der Waals surface area contributed by atoms with Crippen LogP contribution in [0.5, 0.6) is 0 Å². The van der Waals surface area contributed by atoms with Gasteiger partial charge < -0.3 is 11.0 Å². The normalized spacial score (nSPS) is 10.1. The minimum absolute atomic E-state index is 0. The van der Waals surface area contributed by atoms with Crippen molar-refractivity contribution in [1.82, 2.24) is 0 Å². The van der Waals surface area contributed by atoms with Gasteiger partial charge in [0.1, 0.15) is 0 Å². The first-order chi connectivity index (χ1) is 12.9. The van der Waals surface area contributed by atoms with Crippen molar-refractivity contribution in [3.05, 3.63) is 73.3 Å². The molecule has 0 amide bonds. The van der Waals surface area contributed by atoms with E-state index in [0.717, 1.165) is 12.9 Å². The van der Waals surface area contributed by atoms with Crippen LogP contribution >= 0.6 is 31.9 Å². The fraction of sp³-hybridized carbons (Fsp3) is 0. The van der Waals surface area contributed by atoms with E-state index in [1.54, 1.807) is 24.3 Å². The maximum Gasteiger partial charge on any atom is 1.00 e. The first-order valence-corrected chi connectivity index (χ1v) is 12.1. The van der Waals surface area contributed by atoms with Gasteiger partial charge in [0, 0.05) is 0 Å². The molecule has 1 aliphatic heterocycles. The van der Waals surface area contributed by atoms with E-state index in [9.17, 15) is 14.7 Å². The Bertz CT molecular complexity index is 1270. The van der Waals surface area contributed by atoms with Crippen LogP contribution in [0, 0.1) is 6.07 Å². The zero-order chi connectivity index (χ0) is 19.3. The van der Waals surface area contributed by atoms with E-state index in [2.05, 4.69) is 37.9 Å². The van der Waals surface area contributed by atoms with Crippen molar-refractivity contribution in [2.45, 2.75) is 0 Å². The van der Waals surface area contributed by atoms with Crippen LogP contribution in [0.4, 0.5) is 0 Å². The minimum Gasteiger partial charge on any atom is -0.457 e. The van der Waals surface area contributed by atoms with Gasteiger partial charge in [0.05, 0.1) is 0 Å². The van der Waals surface area contributed by atoms with Gasteiger partial charge in [-0.05, 0) is 0 Å². The van der Waals surface area contributed by atoms with Gasteiger partial charge in [-0.1, -0.05) is 0 Å². The molecule has 0 atom stereocenters. The molecular formula is C20H12Br2HgNaO6. The Kier molecular flexibility index (Phi) is 9.91. The van der Waals surface area contributed by atoms with Gasteiger partial charge in [-0.2, -0.15) is 0 Å². The molecule has 6 nitrogen and oxygen atoms in total. The number of aromatic carboxylic acids is 1. The van der Waals surface area contributed by atoms with Gasteiger partial charge in [0.15, 0.2) is 0 Å². The molecule has 2 aromatic carbocycles. The van der Waals surface area contributed by atoms with Crippen LogP contribution in [-0.4, -0.2) is 11.4 Å². The standard InChI is InChI=1S/C20H8Br2O4.Hg.Na.2H2O/c21-10-5-6-17-13(7-10)19(11-3-1-2-4-12(11)20(24)25)14-8-15(22)16(23)9-18(14)26-17;;;;/h1-4,7-9H,(H,24,25);;;2*1H2/q-1;;+1;;. The molecule has 2 aromatic rings. The van der Waals surface area contributed by atoms with Crippen molar-refractivity contribution >= 4 is 51.9 Å². The second-order valence-corrected chi connectivity index (χ2v) is 10.4. The Balaban J connectivity index is 0.00000150. The Morgan fingerprint density at radius 1 is 1.10 bits per heavy atom. The average molecular weight is 732 g/mol. The third kappa shape index (κ3) is 4.91. The van der Waals surface area contributed by atoms with Crippen LogP contribution in [-0.2, 0) is 31.6 Å². The SMILES string of the molecule is O.O=C([O-])c1ccccc1-c1c2cc(Br)c(=O)cc-2oc2[c]([Hg])[c-]c(Br)cc12.[Na+].[OH3+]. The fourth-order valence-corrected chi connectivity index (χ4v) is 6.71. The molecule has 5 N–H and O–H groups in total. The van der Waals surface area contributed by atoms with E-state index in [4.69, 9.17) is 4.42 Å². The Morgan fingerprint density at radius 3 is 2.43 bits per heavy atom. The number of carbonyl (C=O) groups is 1. The second kappa shape index (κ2) is 10.8. The van der Waals surface area contributed by atoms with Crippen molar-refractivity contribution in [2.24, 2.45) is 0 Å². The number of benzene rings is 3. The molecule has 0 radical (unpaired) electrons. The number of rotatable bonds is 2. The molecule has 0 fully saturated rings. The summed E-state index contributed by atoms with van der Waals surface area (Å²) in [4.78, 5) is 23.8. The van der Waals surface area contributed by atoms with E-state index < -0.39 is 5.97 Å². The quantitative estimate of drug-likeness (QED) is 0.110. The number of hydrogen-bond donors (Lipinski definition) is 0. The number of carboxylic acid groups (broad SMARTS) is 1. The van der Waals surface area contributed by atoms with Crippen LogP contribution in [0.2, 0.25) is 0 Å². The largest absolute Gasteiger partial charge is 1.00 e. The number of halogens is 2. The van der Waals surface area contributed by atoms with E-state index in [1.165, 1.54) is 12.1 Å². The van der Waals surface area contributed by atoms with Crippen LogP contribution in [0.15, 0.2) is 60.6 Å². The molecule has 1 aliphatic carbocycles. The predicted molar refractivity (Wildman–Crippen MR) is 111 cm³/mol. The number of carboxylic acids is 1. The molecule has 0 bridgehead atoms. The molecule has 0 saturated carbocycles. The van der Waals surface area contributed by atoms with Crippen LogP contribution in [0.3, 0.4) is 0 Å². The summed E-state index contributed by atoms with van der Waals surface area (Å²) in [7, 11) is 0. The monoisotopic (exact) mass is 731 g/mol. The van der Waals surface area contributed by atoms with Crippen molar-refractivity contribution in [3.8, 4) is 22.5 Å². The Hall–Kier alpha value is -0.585. The zero-order valence-corrected chi connectivity index (χ0v) is 26.4. The topological polar surface area (TPSA) is 135 Å². The summed E-state index contributed by atoms with van der Waals surface area (Å²) in [6.07, 6.45) is 0. The fourth-order valence-electron chi connectivity index (χ4n) is 3.13. The summed E-state index contributed by atoms with van der Waals surface area (Å²) in [5.41, 5.74) is 2.35. The summed E-state index contributed by atoms with van der Waals surface area (Å²) in [6, 6.07) is 14.8. The molecule has 4 rings (SSSR count). The zero-order valence-electron chi connectivity index (χ0n) is 15.7. The molecule has 0 spiro atoms. The summed E-state index contributed by atoms with van der Waals surface area (Å²) >= 11 is 6.95. The van der Waals surface area contributed by atoms with Crippen LogP contribution in [0.1, 0.15) is 10.4 Å². The molecule has 1 heterocycles. The molecule has 0 unspecified atom stereocenters. The van der Waals surface area contributed by atoms with E-state index in [0.29, 0.717) is 32.5 Å². The van der Waals surface area contributed by atoms with Crippen LogP contribution in [0.25, 0.3) is 33.4 Å². The third-order valence-electron chi connectivity index (χ3n) is 4.26. The molecule has 0 aromatic heterocycles. The number of fused-ring (bicyclic) bond motifs is 2. The predicted octanol–water partition coefficient (Wildman–Crippen LogP) is -1.32. The van der Waals surface area contributed by atoms with Crippen molar-refractivity contribution in [1.29, 1.82) is 0 Å². The molecular weight excluding hydrogens is 720 g/mol. The minimum atomic E-state index is -1.26. The molecule has 10 heteroatoms. The van der Waals surface area contributed by atoms with E-state index >= 15 is 0 Å². The molecule has 145 valence electrons. The number of hydrogen-bond acceptors (Lipinski definition) is 4. The van der Waals surface area contributed by atoms with E-state index in [1.807, 2.05) is 6.07 Å². The summed E-state index contributed by atoms with van der Waals surface area (Å²) in [5, 5.41) is 12.5. The van der Waals surface area contributed by atoms with Gasteiger partial charge in [-0.25, -0.2) is 0 Å². The van der Waals surface area contributed by atoms with Gasteiger partial charge in [-0.3, -0.25) is 0 Å². The van der Waals surface area contributed by atoms with Crippen LogP contribution < -0.4 is 43.2 Å².